The molecule has 3 nitrogen and oxygen atoms in total. The Hall–Kier alpha value is -2.10. The van der Waals surface area contributed by atoms with Crippen molar-refractivity contribution in [3.63, 3.8) is 0 Å². The van der Waals surface area contributed by atoms with Crippen molar-refractivity contribution in [2.24, 2.45) is 0 Å². The lowest BCUT2D eigenvalue weighted by atomic mass is 10.2. The van der Waals surface area contributed by atoms with Gasteiger partial charge < -0.3 is 10.2 Å². The van der Waals surface area contributed by atoms with Gasteiger partial charge >= 0.3 is 0 Å². The van der Waals surface area contributed by atoms with Crippen LogP contribution in [0.25, 0.3) is 0 Å². The van der Waals surface area contributed by atoms with Crippen LogP contribution < -0.4 is 10.2 Å². The number of para-hydroxylation sites is 2. The minimum absolute atomic E-state index is 0.0155. The maximum atomic E-state index is 12.9. The summed E-state index contributed by atoms with van der Waals surface area (Å²) in [5.41, 5.74) is 2.96. The molecule has 19 heavy (non-hydrogen) atoms. The van der Waals surface area contributed by atoms with E-state index in [4.69, 9.17) is 0 Å². The molecule has 0 radical (unpaired) electrons. The zero-order chi connectivity index (χ0) is 13.8. The zero-order valence-electron chi connectivity index (χ0n) is 11.4. The van der Waals surface area contributed by atoms with E-state index in [9.17, 15) is 4.39 Å². The summed E-state index contributed by atoms with van der Waals surface area (Å²) in [6, 6.07) is 11.2. The smallest absolute Gasteiger partial charge is 0.141 e. The number of pyridine rings is 1. The van der Waals surface area contributed by atoms with Crippen molar-refractivity contribution >= 4 is 11.4 Å². The van der Waals surface area contributed by atoms with Crippen LogP contribution >= 0.6 is 0 Å². The molecule has 0 aliphatic heterocycles. The normalized spacial score (nSPS) is 12.0. The molecule has 0 saturated carbocycles. The van der Waals surface area contributed by atoms with E-state index in [1.807, 2.05) is 50.2 Å². The fourth-order valence-electron chi connectivity index (χ4n) is 1.94. The van der Waals surface area contributed by atoms with Crippen molar-refractivity contribution in [1.82, 2.24) is 4.98 Å². The number of hydrogen-bond donors (Lipinski definition) is 1. The van der Waals surface area contributed by atoms with Gasteiger partial charge in [0.2, 0.25) is 0 Å². The molecule has 0 bridgehead atoms. The van der Waals surface area contributed by atoms with Crippen LogP contribution in [-0.4, -0.2) is 19.1 Å². The third-order valence-corrected chi connectivity index (χ3v) is 2.95. The molecule has 0 spiro atoms. The van der Waals surface area contributed by atoms with E-state index in [0.29, 0.717) is 0 Å². The highest BCUT2D eigenvalue weighted by atomic mass is 19.1. The molecule has 4 heteroatoms. The maximum Gasteiger partial charge on any atom is 0.141 e. The summed E-state index contributed by atoms with van der Waals surface area (Å²) in [6.45, 7) is 2.01. The summed E-state index contributed by atoms with van der Waals surface area (Å²) in [6.07, 6.45) is 1.24. The van der Waals surface area contributed by atoms with Gasteiger partial charge in [0.1, 0.15) is 5.82 Å². The van der Waals surface area contributed by atoms with Crippen LogP contribution in [0.3, 0.4) is 0 Å². The van der Waals surface area contributed by atoms with Crippen LogP contribution in [0, 0.1) is 5.82 Å². The van der Waals surface area contributed by atoms with Gasteiger partial charge in [-0.1, -0.05) is 12.1 Å². The summed E-state index contributed by atoms with van der Waals surface area (Å²) in [4.78, 5) is 6.15. The van der Waals surface area contributed by atoms with Gasteiger partial charge in [-0.05, 0) is 31.2 Å². The Balaban J connectivity index is 2.19. The van der Waals surface area contributed by atoms with Crippen molar-refractivity contribution in [3.05, 3.63) is 54.1 Å². The van der Waals surface area contributed by atoms with Gasteiger partial charge in [0.25, 0.3) is 0 Å². The molecule has 1 aromatic heterocycles. The monoisotopic (exact) mass is 259 g/mol. The Morgan fingerprint density at radius 1 is 1.16 bits per heavy atom. The number of benzene rings is 1. The Morgan fingerprint density at radius 2 is 1.89 bits per heavy atom. The van der Waals surface area contributed by atoms with Gasteiger partial charge in [-0.15, -0.1) is 0 Å². The van der Waals surface area contributed by atoms with Crippen molar-refractivity contribution in [1.29, 1.82) is 0 Å². The molecule has 2 rings (SSSR count). The van der Waals surface area contributed by atoms with Gasteiger partial charge in [0, 0.05) is 14.1 Å². The van der Waals surface area contributed by atoms with E-state index in [1.165, 1.54) is 12.3 Å². The lowest BCUT2D eigenvalue weighted by Gasteiger charge is -2.21. The molecule has 1 unspecified atom stereocenters. The molecular formula is C15H18FN3. The molecule has 1 atom stereocenters. The summed E-state index contributed by atoms with van der Waals surface area (Å²) in [5, 5.41) is 3.40. The number of hydrogen-bond acceptors (Lipinski definition) is 3. The van der Waals surface area contributed by atoms with Crippen molar-refractivity contribution in [2.75, 3.05) is 24.3 Å². The molecule has 2 aromatic rings. The van der Waals surface area contributed by atoms with Crippen LogP contribution in [0.15, 0.2) is 42.6 Å². The van der Waals surface area contributed by atoms with Gasteiger partial charge in [-0.25, -0.2) is 4.39 Å². The van der Waals surface area contributed by atoms with Crippen LogP contribution in [0.2, 0.25) is 0 Å². The van der Waals surface area contributed by atoms with Crippen LogP contribution in [0.1, 0.15) is 18.7 Å². The highest BCUT2D eigenvalue weighted by Gasteiger charge is 2.10. The van der Waals surface area contributed by atoms with Gasteiger partial charge in [0.05, 0.1) is 29.3 Å². The average Bonchev–Trinajstić information content (AvgIpc) is 2.39. The Bertz CT molecular complexity index is 537. The molecule has 0 aliphatic carbocycles. The lowest BCUT2D eigenvalue weighted by molar-refractivity contribution is 0.617. The number of nitrogens with zero attached hydrogens (tertiary/aromatic N) is 2. The standard InChI is InChI=1S/C15H18FN3/c1-11(13-9-8-12(16)10-17-13)18-14-6-4-5-7-15(14)19(2)3/h4-11,18H,1-3H3. The van der Waals surface area contributed by atoms with E-state index in [1.54, 1.807) is 6.07 Å². The largest absolute Gasteiger partial charge is 0.376 e. The van der Waals surface area contributed by atoms with Gasteiger partial charge in [-0.3, -0.25) is 4.98 Å². The van der Waals surface area contributed by atoms with E-state index >= 15 is 0 Å². The minimum atomic E-state index is -0.315. The van der Waals surface area contributed by atoms with E-state index in [0.717, 1.165) is 17.1 Å². The second-order valence-electron chi connectivity index (χ2n) is 4.68. The SMILES string of the molecule is CC(Nc1ccccc1N(C)C)c1ccc(F)cn1. The number of halogens is 1. The molecule has 100 valence electrons. The molecule has 1 N–H and O–H groups in total. The number of nitrogens with one attached hydrogen (secondary N) is 1. The van der Waals surface area contributed by atoms with E-state index in [2.05, 4.69) is 10.3 Å². The molecule has 0 fully saturated rings. The maximum absolute atomic E-state index is 12.9. The Labute approximate surface area is 113 Å². The van der Waals surface area contributed by atoms with Gasteiger partial charge in [-0.2, -0.15) is 0 Å². The fraction of sp³-hybridized carbons (Fsp3) is 0.267. The number of aromatic nitrogens is 1. The number of anilines is 2. The molecule has 0 saturated heterocycles. The predicted molar refractivity (Wildman–Crippen MR) is 77.0 cm³/mol. The van der Waals surface area contributed by atoms with Crippen LogP contribution in [0.4, 0.5) is 15.8 Å². The Kier molecular flexibility index (Phi) is 4.00. The number of rotatable bonds is 4. The first kappa shape index (κ1) is 13.3. The van der Waals surface area contributed by atoms with E-state index < -0.39 is 0 Å². The third kappa shape index (κ3) is 3.22. The first-order chi connectivity index (χ1) is 9.08. The van der Waals surface area contributed by atoms with Crippen molar-refractivity contribution in [3.8, 4) is 0 Å². The third-order valence-electron chi connectivity index (χ3n) is 2.95. The molecule has 1 aromatic carbocycles. The summed E-state index contributed by atoms with van der Waals surface area (Å²) in [5.74, 6) is -0.315. The summed E-state index contributed by atoms with van der Waals surface area (Å²) in [7, 11) is 4.00. The average molecular weight is 259 g/mol. The Morgan fingerprint density at radius 3 is 2.53 bits per heavy atom. The zero-order valence-corrected chi connectivity index (χ0v) is 11.4. The van der Waals surface area contributed by atoms with Gasteiger partial charge in [0.15, 0.2) is 0 Å². The second kappa shape index (κ2) is 5.69. The topological polar surface area (TPSA) is 28.2 Å². The molecule has 1 heterocycles. The first-order valence-electron chi connectivity index (χ1n) is 6.22. The van der Waals surface area contributed by atoms with E-state index in [-0.39, 0.29) is 11.9 Å². The molecule has 0 aliphatic rings. The lowest BCUT2D eigenvalue weighted by Crippen LogP contribution is -2.14. The van der Waals surface area contributed by atoms with Crippen molar-refractivity contribution < 1.29 is 4.39 Å². The quantitative estimate of drug-likeness (QED) is 0.911. The highest BCUT2D eigenvalue weighted by molar-refractivity contribution is 5.69. The molecular weight excluding hydrogens is 241 g/mol. The summed E-state index contributed by atoms with van der Waals surface area (Å²) < 4.78 is 12.9. The van der Waals surface area contributed by atoms with Crippen LogP contribution in [-0.2, 0) is 0 Å². The highest BCUT2D eigenvalue weighted by Crippen LogP contribution is 2.27. The second-order valence-corrected chi connectivity index (χ2v) is 4.68. The molecule has 0 amide bonds. The first-order valence-corrected chi connectivity index (χ1v) is 6.22. The minimum Gasteiger partial charge on any atom is -0.376 e. The summed E-state index contributed by atoms with van der Waals surface area (Å²) >= 11 is 0. The van der Waals surface area contributed by atoms with Crippen molar-refractivity contribution in [2.45, 2.75) is 13.0 Å². The predicted octanol–water partition coefficient (Wildman–Crippen LogP) is 3.46. The van der Waals surface area contributed by atoms with Crippen LogP contribution in [0.5, 0.6) is 0 Å². The fourth-order valence-corrected chi connectivity index (χ4v) is 1.94.